The van der Waals surface area contributed by atoms with Gasteiger partial charge in [0.05, 0.1) is 18.8 Å². The van der Waals surface area contributed by atoms with Crippen LogP contribution in [0.5, 0.6) is 5.88 Å². The Morgan fingerprint density at radius 3 is 2.60 bits per heavy atom. The summed E-state index contributed by atoms with van der Waals surface area (Å²) in [6.45, 7) is 2.45. The summed E-state index contributed by atoms with van der Waals surface area (Å²) in [6.07, 6.45) is 0. The highest BCUT2D eigenvalue weighted by atomic mass is 19.2. The standard InChI is InChI=1S/C14H15F2N3O/c1-3-17-14(9-5-4-6-10(15)13(9)16)11-7-8-12(20-2)19-18-11/h4-8,14,17H,3H2,1-2H3. The lowest BCUT2D eigenvalue weighted by Gasteiger charge is -2.18. The Hall–Kier alpha value is -2.08. The zero-order valence-electron chi connectivity index (χ0n) is 11.2. The van der Waals surface area contributed by atoms with Crippen LogP contribution >= 0.6 is 0 Å². The van der Waals surface area contributed by atoms with Gasteiger partial charge in [0.25, 0.3) is 0 Å². The maximum absolute atomic E-state index is 13.9. The van der Waals surface area contributed by atoms with Crippen LogP contribution in [0.1, 0.15) is 24.2 Å². The number of halogens is 2. The highest BCUT2D eigenvalue weighted by molar-refractivity contribution is 5.30. The summed E-state index contributed by atoms with van der Waals surface area (Å²) in [4.78, 5) is 0. The van der Waals surface area contributed by atoms with Gasteiger partial charge in [-0.2, -0.15) is 0 Å². The minimum absolute atomic E-state index is 0.200. The fourth-order valence-corrected chi connectivity index (χ4v) is 1.91. The number of nitrogens with zero attached hydrogens (tertiary/aromatic N) is 2. The molecule has 0 saturated heterocycles. The van der Waals surface area contributed by atoms with Crippen molar-refractivity contribution < 1.29 is 13.5 Å². The minimum atomic E-state index is -0.883. The molecule has 20 heavy (non-hydrogen) atoms. The van der Waals surface area contributed by atoms with E-state index < -0.39 is 17.7 Å². The number of rotatable bonds is 5. The fraction of sp³-hybridized carbons (Fsp3) is 0.286. The van der Waals surface area contributed by atoms with Gasteiger partial charge in [-0.25, -0.2) is 8.78 Å². The van der Waals surface area contributed by atoms with Crippen molar-refractivity contribution in [3.05, 3.63) is 53.2 Å². The molecule has 0 fully saturated rings. The van der Waals surface area contributed by atoms with Crippen LogP contribution in [0, 0.1) is 11.6 Å². The van der Waals surface area contributed by atoms with Gasteiger partial charge in [-0.05, 0) is 18.7 Å². The molecular weight excluding hydrogens is 264 g/mol. The van der Waals surface area contributed by atoms with Crippen molar-refractivity contribution in [2.75, 3.05) is 13.7 Å². The first-order chi connectivity index (χ1) is 9.67. The predicted molar refractivity (Wildman–Crippen MR) is 70.5 cm³/mol. The molecule has 2 aromatic rings. The molecule has 1 atom stereocenters. The van der Waals surface area contributed by atoms with Gasteiger partial charge in [-0.15, -0.1) is 10.2 Å². The number of hydrogen-bond donors (Lipinski definition) is 1. The number of nitrogens with one attached hydrogen (secondary N) is 1. The molecule has 0 aliphatic carbocycles. The van der Waals surface area contributed by atoms with Crippen molar-refractivity contribution in [3.63, 3.8) is 0 Å². The zero-order chi connectivity index (χ0) is 14.5. The van der Waals surface area contributed by atoms with Crippen molar-refractivity contribution in [1.29, 1.82) is 0 Å². The molecular formula is C14H15F2N3O. The molecule has 1 N–H and O–H groups in total. The van der Waals surface area contributed by atoms with Gasteiger partial charge in [0.1, 0.15) is 0 Å². The molecule has 0 aliphatic rings. The van der Waals surface area contributed by atoms with E-state index in [2.05, 4.69) is 15.5 Å². The van der Waals surface area contributed by atoms with Crippen molar-refractivity contribution in [3.8, 4) is 5.88 Å². The summed E-state index contributed by atoms with van der Waals surface area (Å²) in [5, 5.41) is 10.9. The minimum Gasteiger partial charge on any atom is -0.480 e. The molecule has 1 heterocycles. The van der Waals surface area contributed by atoms with E-state index in [1.165, 1.54) is 19.2 Å². The number of methoxy groups -OCH3 is 1. The third kappa shape index (κ3) is 2.91. The van der Waals surface area contributed by atoms with E-state index in [-0.39, 0.29) is 5.56 Å². The average Bonchev–Trinajstić information content (AvgIpc) is 2.48. The van der Waals surface area contributed by atoms with Crippen LogP contribution in [0.2, 0.25) is 0 Å². The summed E-state index contributed by atoms with van der Waals surface area (Å²) in [5.41, 5.74) is 0.698. The van der Waals surface area contributed by atoms with Gasteiger partial charge in [-0.3, -0.25) is 0 Å². The van der Waals surface area contributed by atoms with Crippen LogP contribution in [-0.4, -0.2) is 23.9 Å². The largest absolute Gasteiger partial charge is 0.480 e. The second-order valence-electron chi connectivity index (χ2n) is 4.13. The van der Waals surface area contributed by atoms with Crippen molar-refractivity contribution in [2.24, 2.45) is 0 Å². The van der Waals surface area contributed by atoms with E-state index in [1.54, 1.807) is 12.1 Å². The maximum Gasteiger partial charge on any atom is 0.233 e. The lowest BCUT2D eigenvalue weighted by molar-refractivity contribution is 0.390. The van der Waals surface area contributed by atoms with Gasteiger partial charge in [0, 0.05) is 11.6 Å². The van der Waals surface area contributed by atoms with Crippen LogP contribution in [-0.2, 0) is 0 Å². The predicted octanol–water partition coefficient (Wildman–Crippen LogP) is 2.46. The highest BCUT2D eigenvalue weighted by Gasteiger charge is 2.20. The zero-order valence-corrected chi connectivity index (χ0v) is 11.2. The first kappa shape index (κ1) is 14.3. The van der Waals surface area contributed by atoms with Crippen LogP contribution in [0.15, 0.2) is 30.3 Å². The Kier molecular flexibility index (Phi) is 4.57. The van der Waals surface area contributed by atoms with Gasteiger partial charge in [0.2, 0.25) is 5.88 Å². The van der Waals surface area contributed by atoms with Gasteiger partial charge >= 0.3 is 0 Å². The molecule has 0 bridgehead atoms. The Morgan fingerprint density at radius 2 is 2.00 bits per heavy atom. The van der Waals surface area contributed by atoms with E-state index in [0.29, 0.717) is 18.1 Å². The van der Waals surface area contributed by atoms with Gasteiger partial charge < -0.3 is 10.1 Å². The Morgan fingerprint density at radius 1 is 1.20 bits per heavy atom. The number of aromatic nitrogens is 2. The molecule has 0 spiro atoms. The number of ether oxygens (including phenoxy) is 1. The van der Waals surface area contributed by atoms with Crippen LogP contribution in [0.25, 0.3) is 0 Å². The van der Waals surface area contributed by atoms with E-state index in [4.69, 9.17) is 4.74 Å². The van der Waals surface area contributed by atoms with Gasteiger partial charge in [0.15, 0.2) is 11.6 Å². The first-order valence-electron chi connectivity index (χ1n) is 6.22. The summed E-state index contributed by atoms with van der Waals surface area (Å²) < 4.78 is 32.2. The lowest BCUT2D eigenvalue weighted by atomic mass is 10.0. The van der Waals surface area contributed by atoms with Crippen molar-refractivity contribution >= 4 is 0 Å². The second kappa shape index (κ2) is 6.38. The number of benzene rings is 1. The average molecular weight is 279 g/mol. The normalized spacial score (nSPS) is 12.2. The highest BCUT2D eigenvalue weighted by Crippen LogP contribution is 2.24. The fourth-order valence-electron chi connectivity index (χ4n) is 1.91. The first-order valence-corrected chi connectivity index (χ1v) is 6.22. The van der Waals surface area contributed by atoms with E-state index in [1.807, 2.05) is 6.92 Å². The summed E-state index contributed by atoms with van der Waals surface area (Å²) >= 11 is 0. The third-order valence-electron chi connectivity index (χ3n) is 2.87. The molecule has 0 saturated carbocycles. The molecule has 0 radical (unpaired) electrons. The van der Waals surface area contributed by atoms with Crippen molar-refractivity contribution in [1.82, 2.24) is 15.5 Å². The SMILES string of the molecule is CCNC(c1ccc(OC)nn1)c1cccc(F)c1F. The summed E-state index contributed by atoms with van der Waals surface area (Å²) in [7, 11) is 1.48. The monoisotopic (exact) mass is 279 g/mol. The summed E-state index contributed by atoms with van der Waals surface area (Å²) in [6, 6.07) is 6.82. The molecule has 0 amide bonds. The third-order valence-corrected chi connectivity index (χ3v) is 2.87. The van der Waals surface area contributed by atoms with E-state index >= 15 is 0 Å². The number of hydrogen-bond acceptors (Lipinski definition) is 4. The van der Waals surface area contributed by atoms with Crippen LogP contribution < -0.4 is 10.1 Å². The summed E-state index contributed by atoms with van der Waals surface area (Å²) in [5.74, 6) is -1.40. The topological polar surface area (TPSA) is 47.0 Å². The smallest absolute Gasteiger partial charge is 0.233 e. The molecule has 1 aromatic heterocycles. The maximum atomic E-state index is 13.9. The van der Waals surface area contributed by atoms with E-state index in [0.717, 1.165) is 6.07 Å². The Balaban J connectivity index is 2.41. The van der Waals surface area contributed by atoms with Crippen molar-refractivity contribution in [2.45, 2.75) is 13.0 Å². The molecule has 1 unspecified atom stereocenters. The Labute approximate surface area is 115 Å². The van der Waals surface area contributed by atoms with Crippen LogP contribution in [0.3, 0.4) is 0 Å². The molecule has 0 aliphatic heterocycles. The molecule has 1 aromatic carbocycles. The Bertz CT molecular complexity index is 575. The molecule has 106 valence electrons. The second-order valence-corrected chi connectivity index (χ2v) is 4.13. The van der Waals surface area contributed by atoms with Crippen LogP contribution in [0.4, 0.5) is 8.78 Å². The molecule has 4 nitrogen and oxygen atoms in total. The molecule has 6 heteroatoms. The van der Waals surface area contributed by atoms with E-state index in [9.17, 15) is 8.78 Å². The van der Waals surface area contributed by atoms with Gasteiger partial charge in [-0.1, -0.05) is 19.1 Å². The lowest BCUT2D eigenvalue weighted by Crippen LogP contribution is -2.24. The quantitative estimate of drug-likeness (QED) is 0.913. The molecule has 2 rings (SSSR count).